The summed E-state index contributed by atoms with van der Waals surface area (Å²) in [5, 5.41) is 11.6. The number of halogens is 2. The maximum Gasteiger partial charge on any atom is 0.247 e. The molecule has 0 saturated carbocycles. The molecule has 0 bridgehead atoms. The van der Waals surface area contributed by atoms with Crippen molar-refractivity contribution in [2.75, 3.05) is 0 Å². The minimum atomic E-state index is -4.04. The number of thiophene rings is 2. The van der Waals surface area contributed by atoms with E-state index >= 15 is 0 Å². The Morgan fingerprint density at radius 2 is 1.00 bits per heavy atom. The number of nitrogens with two attached hydrogens (primary N) is 2. The minimum absolute atomic E-state index is 0.0679. The van der Waals surface area contributed by atoms with Crippen molar-refractivity contribution in [1.29, 1.82) is 0 Å². The van der Waals surface area contributed by atoms with Crippen molar-refractivity contribution < 1.29 is 25.6 Å². The standard InChI is InChI=1S/C24H18F2N2O4S4/c1-11-17-7-13(25)9-19(21(17)33-23(11)35(27,29)30)15-5-3-4-6-16(15)20-10-14(26)8-18-12(2)24(34-22(18)20)36(28,31)32/h3-10H,1-2H3,(H2,27,29,30)(H2,28,31,32). The molecule has 5 rings (SSSR count). The van der Waals surface area contributed by atoms with Crippen molar-refractivity contribution >= 4 is 62.9 Å². The van der Waals surface area contributed by atoms with E-state index in [1.54, 1.807) is 38.1 Å². The second kappa shape index (κ2) is 8.40. The first kappa shape index (κ1) is 24.9. The van der Waals surface area contributed by atoms with Crippen LogP contribution in [0.1, 0.15) is 11.1 Å². The fraction of sp³-hybridized carbons (Fsp3) is 0.0833. The van der Waals surface area contributed by atoms with E-state index in [0.717, 1.165) is 22.7 Å². The van der Waals surface area contributed by atoms with E-state index in [4.69, 9.17) is 10.3 Å². The van der Waals surface area contributed by atoms with Gasteiger partial charge in [-0.15, -0.1) is 22.7 Å². The molecule has 2 aromatic heterocycles. The van der Waals surface area contributed by atoms with Crippen molar-refractivity contribution in [2.45, 2.75) is 22.3 Å². The van der Waals surface area contributed by atoms with Gasteiger partial charge in [-0.3, -0.25) is 0 Å². The Balaban J connectivity index is 1.88. The highest BCUT2D eigenvalue weighted by Crippen LogP contribution is 2.46. The predicted molar refractivity (Wildman–Crippen MR) is 140 cm³/mol. The fourth-order valence-electron chi connectivity index (χ4n) is 4.42. The zero-order chi connectivity index (χ0) is 26.2. The Hall–Kier alpha value is -2.74. The van der Waals surface area contributed by atoms with Crippen LogP contribution < -0.4 is 10.3 Å². The zero-order valence-electron chi connectivity index (χ0n) is 18.8. The summed E-state index contributed by atoms with van der Waals surface area (Å²) < 4.78 is 79.0. The highest BCUT2D eigenvalue weighted by atomic mass is 32.3. The average molecular weight is 565 g/mol. The topological polar surface area (TPSA) is 120 Å². The maximum atomic E-state index is 14.8. The van der Waals surface area contributed by atoms with Gasteiger partial charge in [0.2, 0.25) is 20.0 Å². The van der Waals surface area contributed by atoms with Gasteiger partial charge >= 0.3 is 0 Å². The highest BCUT2D eigenvalue weighted by molar-refractivity contribution is 7.91. The molecule has 0 radical (unpaired) electrons. The van der Waals surface area contributed by atoms with E-state index in [1.165, 1.54) is 24.3 Å². The van der Waals surface area contributed by atoms with E-state index in [9.17, 15) is 25.6 Å². The van der Waals surface area contributed by atoms with Gasteiger partial charge < -0.3 is 0 Å². The molecule has 6 nitrogen and oxygen atoms in total. The lowest BCUT2D eigenvalue weighted by Crippen LogP contribution is -2.11. The van der Waals surface area contributed by atoms with Crippen LogP contribution in [0.3, 0.4) is 0 Å². The van der Waals surface area contributed by atoms with Crippen LogP contribution in [0.15, 0.2) is 56.9 Å². The first-order chi connectivity index (χ1) is 16.8. The van der Waals surface area contributed by atoms with Gasteiger partial charge in [-0.1, -0.05) is 24.3 Å². The molecular formula is C24H18F2N2O4S4. The van der Waals surface area contributed by atoms with Gasteiger partial charge in [-0.2, -0.15) is 0 Å². The van der Waals surface area contributed by atoms with Crippen molar-refractivity contribution in [1.82, 2.24) is 0 Å². The third-order valence-corrected chi connectivity index (χ3v) is 11.8. The molecule has 0 unspecified atom stereocenters. The van der Waals surface area contributed by atoms with Crippen molar-refractivity contribution in [3.63, 3.8) is 0 Å². The van der Waals surface area contributed by atoms with Crippen LogP contribution in [0.5, 0.6) is 0 Å². The lowest BCUT2D eigenvalue weighted by molar-refractivity contribution is 0.597. The lowest BCUT2D eigenvalue weighted by atomic mass is 9.92. The number of fused-ring (bicyclic) bond motifs is 2. The molecule has 0 fully saturated rings. The summed E-state index contributed by atoms with van der Waals surface area (Å²) in [6, 6.07) is 12.0. The van der Waals surface area contributed by atoms with Gasteiger partial charge in [0.05, 0.1) is 0 Å². The molecule has 5 aromatic rings. The normalized spacial score (nSPS) is 12.6. The summed E-state index contributed by atoms with van der Waals surface area (Å²) in [7, 11) is -8.08. The fourth-order valence-corrected chi connectivity index (χ4v) is 9.02. The predicted octanol–water partition coefficient (Wildman–Crippen LogP) is 5.64. The molecular weight excluding hydrogens is 547 g/mol. The van der Waals surface area contributed by atoms with Gasteiger partial charge in [0.1, 0.15) is 20.1 Å². The molecule has 3 aromatic carbocycles. The smallest absolute Gasteiger partial charge is 0.224 e. The summed E-state index contributed by atoms with van der Waals surface area (Å²) in [5.74, 6) is -1.16. The third kappa shape index (κ3) is 4.03. The van der Waals surface area contributed by atoms with E-state index < -0.39 is 31.7 Å². The van der Waals surface area contributed by atoms with Gasteiger partial charge in [0.15, 0.2) is 0 Å². The van der Waals surface area contributed by atoms with Gasteiger partial charge in [-0.25, -0.2) is 35.9 Å². The Morgan fingerprint density at radius 1 is 0.639 bits per heavy atom. The van der Waals surface area contributed by atoms with Crippen LogP contribution in [0.25, 0.3) is 42.4 Å². The zero-order valence-corrected chi connectivity index (χ0v) is 22.1. The van der Waals surface area contributed by atoms with Crippen LogP contribution in [0.2, 0.25) is 0 Å². The first-order valence-corrected chi connectivity index (χ1v) is 15.1. The second-order valence-electron chi connectivity index (χ2n) is 8.32. The molecule has 12 heteroatoms. The Morgan fingerprint density at radius 3 is 1.33 bits per heavy atom. The number of benzene rings is 3. The summed E-state index contributed by atoms with van der Waals surface area (Å²) in [4.78, 5) is 0. The molecule has 2 heterocycles. The van der Waals surface area contributed by atoms with E-state index in [2.05, 4.69) is 0 Å². The number of hydrogen-bond donors (Lipinski definition) is 2. The molecule has 4 N–H and O–H groups in total. The second-order valence-corrected chi connectivity index (χ2v) is 13.9. The quantitative estimate of drug-likeness (QED) is 0.293. The average Bonchev–Trinajstić information content (AvgIpc) is 3.30. The van der Waals surface area contributed by atoms with Crippen molar-refractivity contribution in [3.05, 3.63) is 71.3 Å². The summed E-state index contributed by atoms with van der Waals surface area (Å²) in [5.41, 5.74) is 2.52. The molecule has 0 aliphatic rings. The Kier molecular flexibility index (Phi) is 5.82. The monoisotopic (exact) mass is 564 g/mol. The first-order valence-electron chi connectivity index (χ1n) is 10.4. The van der Waals surface area contributed by atoms with E-state index in [1.807, 2.05) is 0 Å². The SMILES string of the molecule is Cc1c(S(N)(=O)=O)sc2c(-c3ccccc3-c3cc(F)cc4c(C)c(S(N)(=O)=O)sc34)cc(F)cc12. The maximum absolute atomic E-state index is 14.8. The summed E-state index contributed by atoms with van der Waals surface area (Å²) >= 11 is 1.87. The molecule has 0 atom stereocenters. The lowest BCUT2D eigenvalue weighted by Gasteiger charge is -2.13. The summed E-state index contributed by atoms with van der Waals surface area (Å²) in [6.07, 6.45) is 0. The van der Waals surface area contributed by atoms with E-state index in [0.29, 0.717) is 53.6 Å². The van der Waals surface area contributed by atoms with Crippen molar-refractivity contribution in [2.24, 2.45) is 10.3 Å². The Labute approximate surface area is 213 Å². The van der Waals surface area contributed by atoms with E-state index in [-0.39, 0.29) is 8.42 Å². The summed E-state index contributed by atoms with van der Waals surface area (Å²) in [6.45, 7) is 3.13. The molecule has 0 amide bonds. The van der Waals surface area contributed by atoms with Crippen LogP contribution >= 0.6 is 22.7 Å². The van der Waals surface area contributed by atoms with Gasteiger partial charge in [0.25, 0.3) is 0 Å². The minimum Gasteiger partial charge on any atom is -0.224 e. The van der Waals surface area contributed by atoms with Crippen LogP contribution in [0, 0.1) is 25.5 Å². The number of aryl methyl sites for hydroxylation is 2. The molecule has 36 heavy (non-hydrogen) atoms. The largest absolute Gasteiger partial charge is 0.247 e. The number of sulfonamides is 2. The number of hydrogen-bond acceptors (Lipinski definition) is 6. The van der Waals surface area contributed by atoms with Crippen LogP contribution in [-0.2, 0) is 20.0 Å². The molecule has 0 saturated heterocycles. The molecule has 0 aliphatic heterocycles. The van der Waals surface area contributed by atoms with Crippen LogP contribution in [0.4, 0.5) is 8.78 Å². The van der Waals surface area contributed by atoms with Crippen LogP contribution in [-0.4, -0.2) is 16.8 Å². The molecule has 0 aliphatic carbocycles. The highest BCUT2D eigenvalue weighted by Gasteiger charge is 2.24. The van der Waals surface area contributed by atoms with Gasteiger partial charge in [-0.05, 0) is 60.4 Å². The molecule has 186 valence electrons. The molecule has 0 spiro atoms. The Bertz CT molecular complexity index is 1800. The van der Waals surface area contributed by atoms with Crippen molar-refractivity contribution in [3.8, 4) is 22.3 Å². The van der Waals surface area contributed by atoms with Gasteiger partial charge in [0, 0.05) is 31.3 Å². The number of rotatable bonds is 4. The number of primary sulfonamides is 2. The third-order valence-electron chi connectivity index (χ3n) is 5.94.